The molecule has 0 unspecified atom stereocenters. The summed E-state index contributed by atoms with van der Waals surface area (Å²) in [5.74, 6) is 5.01. The Morgan fingerprint density at radius 2 is 2.20 bits per heavy atom. The molecule has 1 heterocycles. The third-order valence-corrected chi connectivity index (χ3v) is 2.65. The van der Waals surface area contributed by atoms with Gasteiger partial charge >= 0.3 is 0 Å². The molecule has 1 aromatic heterocycles. The highest BCUT2D eigenvalue weighted by atomic mass is 35.5. The van der Waals surface area contributed by atoms with Gasteiger partial charge in [-0.15, -0.1) is 0 Å². The van der Waals surface area contributed by atoms with E-state index in [0.717, 1.165) is 16.5 Å². The standard InChI is InChI=1S/C11H11ClN2O/c12-10-4-3-8-2-1-6-14-11(8)9(10)5-7-15-13/h1-4,6H,5,7,13H2. The summed E-state index contributed by atoms with van der Waals surface area (Å²) < 4.78 is 0. The van der Waals surface area contributed by atoms with E-state index in [1.807, 2.05) is 24.3 Å². The van der Waals surface area contributed by atoms with Gasteiger partial charge in [-0.25, -0.2) is 5.90 Å². The first-order valence-corrected chi connectivity index (χ1v) is 5.04. The molecule has 0 fully saturated rings. The minimum atomic E-state index is 0.440. The van der Waals surface area contributed by atoms with E-state index in [2.05, 4.69) is 9.82 Å². The normalized spacial score (nSPS) is 10.8. The summed E-state index contributed by atoms with van der Waals surface area (Å²) in [6.07, 6.45) is 2.43. The molecule has 4 heteroatoms. The topological polar surface area (TPSA) is 48.1 Å². The van der Waals surface area contributed by atoms with Crippen LogP contribution in [0.3, 0.4) is 0 Å². The number of aromatic nitrogens is 1. The van der Waals surface area contributed by atoms with Crippen LogP contribution in [0, 0.1) is 0 Å². The zero-order valence-corrected chi connectivity index (χ0v) is 8.87. The maximum absolute atomic E-state index is 6.10. The van der Waals surface area contributed by atoms with E-state index < -0.39 is 0 Å². The second kappa shape index (κ2) is 4.57. The summed E-state index contributed by atoms with van der Waals surface area (Å²) in [6, 6.07) is 7.74. The van der Waals surface area contributed by atoms with Crippen LogP contribution in [0.4, 0.5) is 0 Å². The quantitative estimate of drug-likeness (QED) is 0.811. The van der Waals surface area contributed by atoms with Crippen molar-refractivity contribution in [3.05, 3.63) is 41.0 Å². The Kier molecular flexibility index (Phi) is 3.16. The third-order valence-electron chi connectivity index (χ3n) is 2.29. The van der Waals surface area contributed by atoms with Gasteiger partial charge in [0.05, 0.1) is 12.1 Å². The Morgan fingerprint density at radius 1 is 1.33 bits per heavy atom. The lowest BCUT2D eigenvalue weighted by molar-refractivity contribution is 0.141. The molecule has 0 spiro atoms. The van der Waals surface area contributed by atoms with E-state index in [1.165, 1.54) is 0 Å². The highest BCUT2D eigenvalue weighted by Crippen LogP contribution is 2.24. The number of nitrogens with zero attached hydrogens (tertiary/aromatic N) is 1. The van der Waals surface area contributed by atoms with Crippen LogP contribution in [0.25, 0.3) is 10.9 Å². The van der Waals surface area contributed by atoms with Crippen molar-refractivity contribution in [2.45, 2.75) is 6.42 Å². The average Bonchev–Trinajstić information content (AvgIpc) is 2.28. The number of nitrogens with two attached hydrogens (primary N) is 1. The largest absolute Gasteiger partial charge is 0.304 e. The van der Waals surface area contributed by atoms with Gasteiger partial charge in [0.2, 0.25) is 0 Å². The predicted molar refractivity (Wildman–Crippen MR) is 60.6 cm³/mol. The van der Waals surface area contributed by atoms with Gasteiger partial charge < -0.3 is 4.84 Å². The van der Waals surface area contributed by atoms with E-state index >= 15 is 0 Å². The molecular weight excluding hydrogens is 212 g/mol. The van der Waals surface area contributed by atoms with E-state index in [0.29, 0.717) is 18.1 Å². The number of rotatable bonds is 3. The highest BCUT2D eigenvalue weighted by Gasteiger charge is 2.06. The predicted octanol–water partition coefficient (Wildman–Crippen LogP) is 2.32. The SMILES string of the molecule is NOCCc1c(Cl)ccc2cccnc12. The molecule has 0 bridgehead atoms. The van der Waals surface area contributed by atoms with E-state index in [-0.39, 0.29) is 0 Å². The first-order chi connectivity index (χ1) is 7.33. The summed E-state index contributed by atoms with van der Waals surface area (Å²) in [5.41, 5.74) is 1.90. The van der Waals surface area contributed by atoms with Crippen LogP contribution in [-0.4, -0.2) is 11.6 Å². The van der Waals surface area contributed by atoms with Crippen molar-refractivity contribution < 1.29 is 4.84 Å². The molecule has 2 aromatic rings. The lowest BCUT2D eigenvalue weighted by Gasteiger charge is -2.06. The Labute approximate surface area is 92.8 Å². The average molecular weight is 223 g/mol. The Bertz CT molecular complexity index is 473. The summed E-state index contributed by atoms with van der Waals surface area (Å²) in [6.45, 7) is 0.440. The van der Waals surface area contributed by atoms with Crippen molar-refractivity contribution >= 4 is 22.5 Å². The molecule has 78 valence electrons. The maximum atomic E-state index is 6.10. The molecular formula is C11H11ClN2O. The van der Waals surface area contributed by atoms with Crippen LogP contribution < -0.4 is 5.90 Å². The number of hydrogen-bond acceptors (Lipinski definition) is 3. The Hall–Kier alpha value is -1.16. The second-order valence-electron chi connectivity index (χ2n) is 3.22. The first-order valence-electron chi connectivity index (χ1n) is 4.66. The lowest BCUT2D eigenvalue weighted by Crippen LogP contribution is -2.04. The Morgan fingerprint density at radius 3 is 3.00 bits per heavy atom. The van der Waals surface area contributed by atoms with E-state index in [1.54, 1.807) is 6.20 Å². The van der Waals surface area contributed by atoms with Crippen LogP contribution in [-0.2, 0) is 11.3 Å². The zero-order valence-electron chi connectivity index (χ0n) is 8.11. The highest BCUT2D eigenvalue weighted by molar-refractivity contribution is 6.32. The minimum absolute atomic E-state index is 0.440. The summed E-state index contributed by atoms with van der Waals surface area (Å²) in [5, 5.41) is 1.78. The molecule has 15 heavy (non-hydrogen) atoms. The molecule has 0 aliphatic heterocycles. The van der Waals surface area contributed by atoms with Crippen molar-refractivity contribution in [3.63, 3.8) is 0 Å². The molecule has 3 nitrogen and oxygen atoms in total. The maximum Gasteiger partial charge on any atom is 0.0749 e. The molecule has 0 radical (unpaired) electrons. The van der Waals surface area contributed by atoms with E-state index in [4.69, 9.17) is 17.5 Å². The molecule has 1 aromatic carbocycles. The molecule has 0 saturated heterocycles. The third kappa shape index (κ3) is 2.09. The number of halogens is 1. The smallest absolute Gasteiger partial charge is 0.0749 e. The van der Waals surface area contributed by atoms with Crippen LogP contribution in [0.2, 0.25) is 5.02 Å². The minimum Gasteiger partial charge on any atom is -0.304 e. The van der Waals surface area contributed by atoms with Gasteiger partial charge in [0.15, 0.2) is 0 Å². The van der Waals surface area contributed by atoms with Gasteiger partial charge in [-0.2, -0.15) is 0 Å². The zero-order chi connectivity index (χ0) is 10.7. The van der Waals surface area contributed by atoms with Gasteiger partial charge in [0, 0.05) is 23.0 Å². The fourth-order valence-corrected chi connectivity index (χ4v) is 1.83. The molecule has 0 amide bonds. The molecule has 2 N–H and O–H groups in total. The van der Waals surface area contributed by atoms with Gasteiger partial charge in [0.25, 0.3) is 0 Å². The van der Waals surface area contributed by atoms with Crippen molar-refractivity contribution in [2.75, 3.05) is 6.61 Å². The van der Waals surface area contributed by atoms with Gasteiger partial charge in [-0.05, 0) is 17.7 Å². The Balaban J connectivity index is 2.53. The fourth-order valence-electron chi connectivity index (χ4n) is 1.58. The molecule has 0 saturated carbocycles. The lowest BCUT2D eigenvalue weighted by atomic mass is 10.1. The molecule has 2 rings (SSSR count). The number of pyridine rings is 1. The van der Waals surface area contributed by atoms with Gasteiger partial charge in [-0.1, -0.05) is 23.7 Å². The fraction of sp³-hybridized carbons (Fsp3) is 0.182. The molecule has 0 atom stereocenters. The number of fused-ring (bicyclic) bond motifs is 1. The van der Waals surface area contributed by atoms with Crippen LogP contribution in [0.15, 0.2) is 30.5 Å². The summed E-state index contributed by atoms with van der Waals surface area (Å²) >= 11 is 6.10. The summed E-state index contributed by atoms with van der Waals surface area (Å²) in [4.78, 5) is 8.88. The second-order valence-corrected chi connectivity index (χ2v) is 3.63. The van der Waals surface area contributed by atoms with Crippen molar-refractivity contribution in [1.29, 1.82) is 0 Å². The van der Waals surface area contributed by atoms with Crippen molar-refractivity contribution in [1.82, 2.24) is 4.98 Å². The summed E-state index contributed by atoms with van der Waals surface area (Å²) in [7, 11) is 0. The number of benzene rings is 1. The van der Waals surface area contributed by atoms with Crippen LogP contribution >= 0.6 is 11.6 Å². The van der Waals surface area contributed by atoms with Crippen molar-refractivity contribution in [3.8, 4) is 0 Å². The van der Waals surface area contributed by atoms with Gasteiger partial charge in [-0.3, -0.25) is 4.98 Å². The molecule has 0 aliphatic carbocycles. The monoisotopic (exact) mass is 222 g/mol. The van der Waals surface area contributed by atoms with Crippen LogP contribution in [0.5, 0.6) is 0 Å². The van der Waals surface area contributed by atoms with Crippen LogP contribution in [0.1, 0.15) is 5.56 Å². The van der Waals surface area contributed by atoms with Gasteiger partial charge in [0.1, 0.15) is 0 Å². The first kappa shape index (κ1) is 10.4. The molecule has 0 aliphatic rings. The van der Waals surface area contributed by atoms with E-state index in [9.17, 15) is 0 Å². The number of hydrogen-bond donors (Lipinski definition) is 1. The van der Waals surface area contributed by atoms with Crippen molar-refractivity contribution in [2.24, 2.45) is 5.90 Å².